The number of ether oxygens (including phenoxy) is 1. The van der Waals surface area contributed by atoms with E-state index in [4.69, 9.17) is 16.3 Å². The van der Waals surface area contributed by atoms with E-state index in [9.17, 15) is 29.3 Å². The maximum Gasteiger partial charge on any atom is 0.273 e. The molecule has 1 heterocycles. The normalized spacial score (nSPS) is 26.1. The highest BCUT2D eigenvalue weighted by molar-refractivity contribution is 6.30. The number of nitro benzene ring substituents is 1. The highest BCUT2D eigenvalue weighted by Crippen LogP contribution is 2.65. The van der Waals surface area contributed by atoms with Crippen molar-refractivity contribution in [2.75, 3.05) is 6.54 Å². The Labute approximate surface area is 250 Å². The highest BCUT2D eigenvalue weighted by atomic mass is 35.5. The molecule has 0 aromatic heterocycles. The molecular weight excluding hydrogens is 574 g/mol. The summed E-state index contributed by atoms with van der Waals surface area (Å²) in [5.41, 5.74) is 0.355. The second-order valence-corrected chi connectivity index (χ2v) is 11.7. The molecule has 0 radical (unpaired) electrons. The number of non-ortho nitro benzene ring substituents is 1. The number of hydrogen-bond donors (Lipinski definition) is 0. The van der Waals surface area contributed by atoms with Gasteiger partial charge in [0.05, 0.1) is 16.8 Å². The lowest BCUT2D eigenvalue weighted by atomic mass is 9.63. The fourth-order valence-corrected chi connectivity index (χ4v) is 6.99. The Morgan fingerprint density at radius 3 is 1.88 bits per heavy atom. The van der Waals surface area contributed by atoms with Crippen molar-refractivity contribution in [3.8, 4) is 11.5 Å². The predicted molar refractivity (Wildman–Crippen MR) is 153 cm³/mol. The summed E-state index contributed by atoms with van der Waals surface area (Å²) in [6.45, 7) is -0.531. The summed E-state index contributed by atoms with van der Waals surface area (Å²) in [5.74, 6) is -1.62. The summed E-state index contributed by atoms with van der Waals surface area (Å²) in [4.78, 5) is 65.3. The lowest BCUT2D eigenvalue weighted by Gasteiger charge is -2.37. The number of carbonyl (C=O) groups excluding carboxylic acids is 4. The largest absolute Gasteiger partial charge is 0.457 e. The maximum absolute atomic E-state index is 13.8. The number of allylic oxidation sites excluding steroid dienone is 2. The third-order valence-corrected chi connectivity index (χ3v) is 9.21. The Bertz CT molecular complexity index is 1670. The van der Waals surface area contributed by atoms with Gasteiger partial charge in [0.25, 0.3) is 23.4 Å². The van der Waals surface area contributed by atoms with Gasteiger partial charge in [-0.1, -0.05) is 23.8 Å². The standard InChI is InChI=1S/C32H24ClN3O7/c33-19-5-1-18(2-6-19)30(38)34(35-31(39)28-23-13-14-24(26-15-25(23)26)29(28)32(35)40)16-27(37)17-3-9-21(10-4-17)43-22-11-7-20(8-12-22)36(41)42/h1-14,23-26,28-29H,15-16H2/t23-,24-,25-,26-,28+,29+/m0/s1. The van der Waals surface area contributed by atoms with Gasteiger partial charge in [0.2, 0.25) is 0 Å². The summed E-state index contributed by atoms with van der Waals surface area (Å²) in [6, 6.07) is 17.7. The minimum absolute atomic E-state index is 0.0343. The number of Topliss-reactive ketones (excluding diaryl/α,β-unsaturated/α-hetero) is 1. The number of carbonyl (C=O) groups is 4. The average Bonchev–Trinajstić information content (AvgIpc) is 3.79. The van der Waals surface area contributed by atoms with Crippen molar-refractivity contribution in [2.45, 2.75) is 6.42 Å². The Morgan fingerprint density at radius 2 is 1.35 bits per heavy atom. The van der Waals surface area contributed by atoms with Crippen LogP contribution in [0.2, 0.25) is 5.02 Å². The first-order chi connectivity index (χ1) is 20.7. The lowest BCUT2D eigenvalue weighted by molar-refractivity contribution is -0.384. The van der Waals surface area contributed by atoms with Gasteiger partial charge in [-0.2, -0.15) is 5.01 Å². The molecule has 8 rings (SSSR count). The first-order valence-electron chi connectivity index (χ1n) is 13.9. The summed E-state index contributed by atoms with van der Waals surface area (Å²) in [5, 5.41) is 13.2. The van der Waals surface area contributed by atoms with Crippen molar-refractivity contribution in [1.29, 1.82) is 0 Å². The molecule has 3 amide bonds. The van der Waals surface area contributed by atoms with E-state index in [0.29, 0.717) is 28.4 Å². The van der Waals surface area contributed by atoms with Crippen molar-refractivity contribution < 1.29 is 28.8 Å². The molecule has 0 N–H and O–H groups in total. The van der Waals surface area contributed by atoms with Gasteiger partial charge in [-0.3, -0.25) is 29.3 Å². The lowest BCUT2D eigenvalue weighted by Crippen LogP contribution is -2.52. The molecule has 0 spiro atoms. The molecule has 11 heteroatoms. The van der Waals surface area contributed by atoms with Crippen LogP contribution in [-0.4, -0.2) is 45.0 Å². The van der Waals surface area contributed by atoms with E-state index in [1.807, 2.05) is 12.2 Å². The van der Waals surface area contributed by atoms with Crippen LogP contribution in [0.25, 0.3) is 0 Å². The van der Waals surface area contributed by atoms with Crippen LogP contribution in [0.3, 0.4) is 0 Å². The van der Waals surface area contributed by atoms with Crippen LogP contribution in [0.1, 0.15) is 27.1 Å². The second-order valence-electron chi connectivity index (χ2n) is 11.3. The van der Waals surface area contributed by atoms with E-state index in [2.05, 4.69) is 0 Å². The third kappa shape index (κ3) is 4.58. The molecular formula is C32H24ClN3O7. The molecule has 10 nitrogen and oxygen atoms in total. The van der Waals surface area contributed by atoms with Crippen molar-refractivity contribution >= 4 is 40.8 Å². The van der Waals surface area contributed by atoms with Gasteiger partial charge in [-0.05, 0) is 90.8 Å². The van der Waals surface area contributed by atoms with Crippen molar-refractivity contribution in [2.24, 2.45) is 35.5 Å². The number of ketones is 1. The van der Waals surface area contributed by atoms with Crippen molar-refractivity contribution in [3.05, 3.63) is 111 Å². The molecule has 5 aliphatic rings. The Kier molecular flexibility index (Phi) is 6.39. The second kappa shape index (κ2) is 10.2. The fourth-order valence-electron chi connectivity index (χ4n) is 6.86. The fraction of sp³-hybridized carbons (Fsp3) is 0.250. The molecule has 3 fully saturated rings. The Balaban J connectivity index is 1.14. The van der Waals surface area contributed by atoms with Crippen LogP contribution in [-0.2, 0) is 9.59 Å². The average molecular weight is 598 g/mol. The third-order valence-electron chi connectivity index (χ3n) is 8.96. The van der Waals surface area contributed by atoms with Crippen molar-refractivity contribution in [3.63, 3.8) is 0 Å². The van der Waals surface area contributed by atoms with E-state index in [1.54, 1.807) is 12.1 Å². The number of hydrogen-bond acceptors (Lipinski definition) is 7. The number of rotatable bonds is 8. The molecule has 3 aromatic rings. The minimum atomic E-state index is -0.658. The van der Waals surface area contributed by atoms with Gasteiger partial charge >= 0.3 is 0 Å². The topological polar surface area (TPSA) is 127 Å². The number of benzene rings is 3. The molecule has 6 atom stereocenters. The number of imide groups is 1. The summed E-state index contributed by atoms with van der Waals surface area (Å²) in [6.07, 6.45) is 5.10. The Morgan fingerprint density at radius 1 is 0.837 bits per heavy atom. The number of halogens is 1. The first-order valence-corrected chi connectivity index (χ1v) is 14.3. The van der Waals surface area contributed by atoms with E-state index < -0.39 is 46.8 Å². The zero-order valence-electron chi connectivity index (χ0n) is 22.5. The molecule has 1 aliphatic heterocycles. The molecule has 216 valence electrons. The van der Waals surface area contributed by atoms with Crippen molar-refractivity contribution in [1.82, 2.24) is 10.0 Å². The van der Waals surface area contributed by atoms with Gasteiger partial charge in [0.1, 0.15) is 18.0 Å². The molecule has 1 saturated heterocycles. The number of nitrogens with zero attached hydrogens (tertiary/aromatic N) is 3. The SMILES string of the molecule is O=C(CN(C(=O)c1ccc(Cl)cc1)N1C(=O)[C@@H]2[C@H]3C=C[C@@H]([C@@H]4C[C@@H]34)[C@H]2C1=O)c1ccc(Oc2ccc([N+](=O)[O-])cc2)cc1. The first kappa shape index (κ1) is 27.0. The predicted octanol–water partition coefficient (Wildman–Crippen LogP) is 5.33. The quantitative estimate of drug-likeness (QED) is 0.113. The molecule has 0 unspecified atom stereocenters. The van der Waals surface area contributed by atoms with E-state index in [-0.39, 0.29) is 28.7 Å². The monoisotopic (exact) mass is 597 g/mol. The summed E-state index contributed by atoms with van der Waals surface area (Å²) >= 11 is 6.01. The van der Waals surface area contributed by atoms with Crippen LogP contribution in [0.4, 0.5) is 5.69 Å². The zero-order valence-corrected chi connectivity index (χ0v) is 23.3. The maximum atomic E-state index is 13.8. The zero-order chi connectivity index (χ0) is 30.0. The summed E-state index contributed by atoms with van der Waals surface area (Å²) < 4.78 is 5.72. The van der Waals surface area contributed by atoms with E-state index in [0.717, 1.165) is 16.4 Å². The Hall–Kier alpha value is -4.83. The molecule has 43 heavy (non-hydrogen) atoms. The number of amides is 3. The van der Waals surface area contributed by atoms with Gasteiger partial charge in [0, 0.05) is 28.3 Å². The van der Waals surface area contributed by atoms with Crippen LogP contribution < -0.4 is 4.74 Å². The molecule has 4 aliphatic carbocycles. The van der Waals surface area contributed by atoms with Crippen LogP contribution in [0.15, 0.2) is 84.9 Å². The van der Waals surface area contributed by atoms with Crippen LogP contribution in [0, 0.1) is 45.6 Å². The van der Waals surface area contributed by atoms with Gasteiger partial charge in [0.15, 0.2) is 5.78 Å². The minimum Gasteiger partial charge on any atom is -0.457 e. The highest BCUT2D eigenvalue weighted by Gasteiger charge is 2.68. The van der Waals surface area contributed by atoms with Gasteiger partial charge in [-0.25, -0.2) is 5.01 Å². The molecule has 2 bridgehead atoms. The smallest absolute Gasteiger partial charge is 0.273 e. The number of hydrazine groups is 1. The summed E-state index contributed by atoms with van der Waals surface area (Å²) in [7, 11) is 0. The van der Waals surface area contributed by atoms with Gasteiger partial charge in [-0.15, -0.1) is 0 Å². The number of nitro groups is 1. The van der Waals surface area contributed by atoms with E-state index in [1.165, 1.54) is 60.7 Å². The molecule has 2 saturated carbocycles. The van der Waals surface area contributed by atoms with E-state index >= 15 is 0 Å². The van der Waals surface area contributed by atoms with Gasteiger partial charge < -0.3 is 4.74 Å². The van der Waals surface area contributed by atoms with Crippen LogP contribution in [0.5, 0.6) is 11.5 Å². The van der Waals surface area contributed by atoms with Crippen LogP contribution >= 0.6 is 11.6 Å². The molecule has 3 aromatic carbocycles.